The summed E-state index contributed by atoms with van der Waals surface area (Å²) in [5.74, 6) is -1.06. The van der Waals surface area contributed by atoms with Crippen LogP contribution in [0.25, 0.3) is 0 Å². The van der Waals surface area contributed by atoms with Crippen LogP contribution in [0.2, 0.25) is 0 Å². The third kappa shape index (κ3) is 4.64. The summed E-state index contributed by atoms with van der Waals surface area (Å²) in [4.78, 5) is 13.2. The maximum absolute atomic E-state index is 11.0. The van der Waals surface area contributed by atoms with Crippen LogP contribution in [0.4, 0.5) is 0 Å². The van der Waals surface area contributed by atoms with Gasteiger partial charge in [-0.1, -0.05) is 51.5 Å². The minimum atomic E-state index is -0.728. The average molecular weight is 277 g/mol. The van der Waals surface area contributed by atoms with E-state index in [1.54, 1.807) is 6.92 Å². The molecule has 112 valence electrons. The van der Waals surface area contributed by atoms with Gasteiger partial charge in [0.15, 0.2) is 0 Å². The lowest BCUT2D eigenvalue weighted by molar-refractivity contribution is -0.141. The van der Waals surface area contributed by atoms with Crippen LogP contribution in [-0.4, -0.2) is 29.1 Å². The Bertz CT molecular complexity index is 414. The van der Waals surface area contributed by atoms with Gasteiger partial charge in [-0.15, -0.1) is 0 Å². The average Bonchev–Trinajstić information content (AvgIpc) is 2.44. The first-order valence-electron chi connectivity index (χ1n) is 7.55. The molecule has 2 unspecified atom stereocenters. The van der Waals surface area contributed by atoms with Gasteiger partial charge in [0.25, 0.3) is 0 Å². The molecule has 0 radical (unpaired) electrons. The first-order chi connectivity index (χ1) is 9.49. The third-order valence-electron chi connectivity index (χ3n) is 3.88. The second-order valence-corrected chi connectivity index (χ2v) is 5.49. The van der Waals surface area contributed by atoms with Gasteiger partial charge in [0, 0.05) is 12.6 Å². The lowest BCUT2D eigenvalue weighted by Crippen LogP contribution is -2.33. The summed E-state index contributed by atoms with van der Waals surface area (Å²) in [6.45, 7) is 9.62. The number of carboxylic acids is 1. The van der Waals surface area contributed by atoms with Crippen LogP contribution in [0.1, 0.15) is 51.3 Å². The molecule has 0 bridgehead atoms. The quantitative estimate of drug-likeness (QED) is 0.787. The fraction of sp³-hybridized carbons (Fsp3) is 0.588. The summed E-state index contributed by atoms with van der Waals surface area (Å²) in [5, 5.41) is 9.05. The fourth-order valence-electron chi connectivity index (χ4n) is 2.45. The van der Waals surface area contributed by atoms with E-state index >= 15 is 0 Å². The van der Waals surface area contributed by atoms with Crippen LogP contribution in [0.3, 0.4) is 0 Å². The molecule has 0 saturated heterocycles. The molecule has 3 heteroatoms. The maximum Gasteiger partial charge on any atom is 0.307 e. The zero-order valence-electron chi connectivity index (χ0n) is 13.1. The Labute approximate surface area is 122 Å². The number of carboxylic acid groups (broad SMARTS) is 1. The lowest BCUT2D eigenvalue weighted by atomic mass is 10.0. The zero-order chi connectivity index (χ0) is 15.1. The SMILES string of the molecule is CCCc1ccc(C(C)N(CC)CC(C)C(=O)O)cc1. The molecule has 1 aromatic rings. The molecule has 2 atom stereocenters. The van der Waals surface area contributed by atoms with Crippen molar-refractivity contribution in [2.75, 3.05) is 13.1 Å². The Hall–Kier alpha value is -1.35. The highest BCUT2D eigenvalue weighted by molar-refractivity contribution is 5.69. The largest absolute Gasteiger partial charge is 0.481 e. The summed E-state index contributed by atoms with van der Waals surface area (Å²) in [7, 11) is 0. The molecule has 0 amide bonds. The molecule has 3 nitrogen and oxygen atoms in total. The topological polar surface area (TPSA) is 40.5 Å². The van der Waals surface area contributed by atoms with Crippen molar-refractivity contribution >= 4 is 5.97 Å². The molecule has 0 aliphatic heterocycles. The molecule has 0 aromatic heterocycles. The Balaban J connectivity index is 2.74. The van der Waals surface area contributed by atoms with E-state index in [0.717, 1.165) is 19.4 Å². The highest BCUT2D eigenvalue weighted by Gasteiger charge is 2.20. The van der Waals surface area contributed by atoms with Crippen molar-refractivity contribution in [2.45, 2.75) is 46.6 Å². The molecule has 0 fully saturated rings. The van der Waals surface area contributed by atoms with Crippen molar-refractivity contribution in [3.05, 3.63) is 35.4 Å². The minimum absolute atomic E-state index is 0.248. The molecule has 0 spiro atoms. The Morgan fingerprint density at radius 3 is 2.25 bits per heavy atom. The van der Waals surface area contributed by atoms with Crippen molar-refractivity contribution in [1.29, 1.82) is 0 Å². The van der Waals surface area contributed by atoms with Gasteiger partial charge in [-0.25, -0.2) is 0 Å². The lowest BCUT2D eigenvalue weighted by Gasteiger charge is -2.29. The van der Waals surface area contributed by atoms with Gasteiger partial charge in [-0.2, -0.15) is 0 Å². The Kier molecular flexibility index (Phi) is 6.73. The summed E-state index contributed by atoms with van der Waals surface area (Å²) < 4.78 is 0. The standard InChI is InChI=1S/C17H27NO2/c1-5-7-15-8-10-16(11-9-15)14(4)18(6-2)12-13(3)17(19)20/h8-11,13-14H,5-7,12H2,1-4H3,(H,19,20). The molecule has 20 heavy (non-hydrogen) atoms. The number of rotatable bonds is 8. The van der Waals surface area contributed by atoms with Gasteiger partial charge in [-0.3, -0.25) is 9.69 Å². The van der Waals surface area contributed by atoms with E-state index in [4.69, 9.17) is 5.11 Å². The van der Waals surface area contributed by atoms with Gasteiger partial charge < -0.3 is 5.11 Å². The van der Waals surface area contributed by atoms with Gasteiger partial charge in [-0.05, 0) is 31.0 Å². The summed E-state index contributed by atoms with van der Waals surface area (Å²) >= 11 is 0. The smallest absolute Gasteiger partial charge is 0.307 e. The normalized spacial score (nSPS) is 14.2. The number of aliphatic carboxylic acids is 1. The van der Waals surface area contributed by atoms with Crippen molar-refractivity contribution in [2.24, 2.45) is 5.92 Å². The molecule has 0 aliphatic rings. The monoisotopic (exact) mass is 277 g/mol. The second-order valence-electron chi connectivity index (χ2n) is 5.49. The minimum Gasteiger partial charge on any atom is -0.481 e. The van der Waals surface area contributed by atoms with E-state index in [1.807, 2.05) is 0 Å². The van der Waals surface area contributed by atoms with E-state index in [1.165, 1.54) is 11.1 Å². The highest BCUT2D eigenvalue weighted by Crippen LogP contribution is 2.22. The van der Waals surface area contributed by atoms with E-state index in [-0.39, 0.29) is 12.0 Å². The number of benzene rings is 1. The van der Waals surface area contributed by atoms with Crippen LogP contribution in [0.5, 0.6) is 0 Å². The number of hydrogen-bond donors (Lipinski definition) is 1. The van der Waals surface area contributed by atoms with E-state index in [0.29, 0.717) is 6.54 Å². The predicted octanol–water partition coefficient (Wildman–Crippen LogP) is 3.74. The summed E-state index contributed by atoms with van der Waals surface area (Å²) in [6.07, 6.45) is 2.27. The Morgan fingerprint density at radius 1 is 1.20 bits per heavy atom. The van der Waals surface area contributed by atoms with Crippen molar-refractivity contribution in [3.8, 4) is 0 Å². The van der Waals surface area contributed by atoms with Crippen LogP contribution >= 0.6 is 0 Å². The van der Waals surface area contributed by atoms with Gasteiger partial charge in [0.05, 0.1) is 5.92 Å². The molecule has 0 saturated carbocycles. The molecular weight excluding hydrogens is 250 g/mol. The van der Waals surface area contributed by atoms with Gasteiger partial charge >= 0.3 is 5.97 Å². The summed E-state index contributed by atoms with van der Waals surface area (Å²) in [5.41, 5.74) is 2.62. The van der Waals surface area contributed by atoms with Crippen LogP contribution in [0.15, 0.2) is 24.3 Å². The number of nitrogens with zero attached hydrogens (tertiary/aromatic N) is 1. The van der Waals surface area contributed by atoms with E-state index in [9.17, 15) is 4.79 Å². The Morgan fingerprint density at radius 2 is 1.80 bits per heavy atom. The fourth-order valence-corrected chi connectivity index (χ4v) is 2.45. The van der Waals surface area contributed by atoms with Crippen LogP contribution in [-0.2, 0) is 11.2 Å². The molecule has 0 heterocycles. The van der Waals surface area contributed by atoms with Crippen molar-refractivity contribution in [3.63, 3.8) is 0 Å². The van der Waals surface area contributed by atoms with Crippen molar-refractivity contribution < 1.29 is 9.90 Å². The van der Waals surface area contributed by atoms with Gasteiger partial charge in [0.2, 0.25) is 0 Å². The molecule has 1 N–H and O–H groups in total. The zero-order valence-corrected chi connectivity index (χ0v) is 13.1. The second kappa shape index (κ2) is 8.05. The maximum atomic E-state index is 11.0. The predicted molar refractivity (Wildman–Crippen MR) is 82.9 cm³/mol. The number of aryl methyl sites for hydroxylation is 1. The molecule has 1 aromatic carbocycles. The van der Waals surface area contributed by atoms with Crippen molar-refractivity contribution in [1.82, 2.24) is 4.90 Å². The first-order valence-corrected chi connectivity index (χ1v) is 7.55. The molecule has 0 aliphatic carbocycles. The molecular formula is C17H27NO2. The highest BCUT2D eigenvalue weighted by atomic mass is 16.4. The van der Waals surface area contributed by atoms with E-state index < -0.39 is 5.97 Å². The summed E-state index contributed by atoms with van der Waals surface area (Å²) in [6, 6.07) is 8.96. The third-order valence-corrected chi connectivity index (χ3v) is 3.88. The number of carbonyl (C=O) groups is 1. The number of hydrogen-bond acceptors (Lipinski definition) is 2. The first kappa shape index (κ1) is 16.7. The van der Waals surface area contributed by atoms with Crippen LogP contribution < -0.4 is 0 Å². The van der Waals surface area contributed by atoms with Gasteiger partial charge in [0.1, 0.15) is 0 Å². The van der Waals surface area contributed by atoms with Crippen LogP contribution in [0, 0.1) is 5.92 Å². The molecule has 1 rings (SSSR count). The van der Waals surface area contributed by atoms with E-state index in [2.05, 4.69) is 49.9 Å².